The van der Waals surface area contributed by atoms with Gasteiger partial charge in [-0.2, -0.15) is 9.78 Å². The highest BCUT2D eigenvalue weighted by Crippen LogP contribution is 2.30. The van der Waals surface area contributed by atoms with Crippen molar-refractivity contribution in [3.05, 3.63) is 76.1 Å². The molecule has 10 nitrogen and oxygen atoms in total. The van der Waals surface area contributed by atoms with E-state index in [0.29, 0.717) is 36.1 Å². The van der Waals surface area contributed by atoms with Crippen molar-refractivity contribution in [1.29, 1.82) is 0 Å². The summed E-state index contributed by atoms with van der Waals surface area (Å²) in [5, 5.41) is 24.8. The van der Waals surface area contributed by atoms with Gasteiger partial charge in [-0.05, 0) is 38.3 Å². The van der Waals surface area contributed by atoms with Gasteiger partial charge in [-0.1, -0.05) is 42.1 Å². The molecule has 1 saturated heterocycles. The van der Waals surface area contributed by atoms with Gasteiger partial charge < -0.3 is 9.80 Å². The Kier molecular flexibility index (Phi) is 8.89. The number of rotatable bonds is 10. The lowest BCUT2D eigenvalue weighted by molar-refractivity contribution is -0.384. The number of non-ortho nitro benzene ring substituents is 1. The minimum absolute atomic E-state index is 0.0135. The Hall–Kier alpha value is -3.73. The first-order chi connectivity index (χ1) is 18.0. The first-order valence-corrected chi connectivity index (χ1v) is 13.4. The average Bonchev–Trinajstić information content (AvgIpc) is 3.39. The van der Waals surface area contributed by atoms with E-state index in [-0.39, 0.29) is 17.5 Å². The van der Waals surface area contributed by atoms with Crippen LogP contribution in [0.1, 0.15) is 37.8 Å². The maximum Gasteiger partial charge on any atom is 0.270 e. The zero-order valence-electron chi connectivity index (χ0n) is 21.1. The minimum atomic E-state index is -0.413. The summed E-state index contributed by atoms with van der Waals surface area (Å²) in [5.41, 5.74) is 2.57. The standard InChI is InChI=1S/C26H31N7O3S/c1-3-30(4-2)25(34)21-11-8-14-31(17-21)24-13-12-23(33(35)36)15-22(24)16-28-32-19-27-29-26(32)37-18-20-9-6-5-7-10-20/h5-7,9-10,12-13,15-16,19,21H,3-4,8,11,14,17-18H2,1-2H3. The number of piperidine rings is 1. The zero-order chi connectivity index (χ0) is 26.2. The third-order valence-corrected chi connectivity index (χ3v) is 7.45. The number of carbonyl (C=O) groups excluding carboxylic acids is 1. The van der Waals surface area contributed by atoms with E-state index in [1.54, 1.807) is 17.0 Å². The number of nitro groups is 1. The molecule has 0 spiro atoms. The Morgan fingerprint density at radius 2 is 2.03 bits per heavy atom. The third kappa shape index (κ3) is 6.53. The summed E-state index contributed by atoms with van der Waals surface area (Å²) < 4.78 is 1.57. The van der Waals surface area contributed by atoms with E-state index in [4.69, 9.17) is 0 Å². The third-order valence-electron chi connectivity index (χ3n) is 6.44. The number of nitro benzene ring substituents is 1. The number of nitrogens with zero attached hydrogens (tertiary/aromatic N) is 7. The van der Waals surface area contributed by atoms with E-state index < -0.39 is 4.92 Å². The van der Waals surface area contributed by atoms with Gasteiger partial charge in [-0.15, -0.1) is 10.2 Å². The predicted molar refractivity (Wildman–Crippen MR) is 145 cm³/mol. The molecule has 3 aromatic rings. The van der Waals surface area contributed by atoms with Crippen molar-refractivity contribution in [2.45, 2.75) is 37.6 Å². The first kappa shape index (κ1) is 26.3. The van der Waals surface area contributed by atoms with Gasteiger partial charge in [0.25, 0.3) is 5.69 Å². The highest BCUT2D eigenvalue weighted by molar-refractivity contribution is 7.98. The summed E-state index contributed by atoms with van der Waals surface area (Å²) in [4.78, 5) is 28.1. The lowest BCUT2D eigenvalue weighted by atomic mass is 9.95. The molecule has 1 aliphatic rings. The molecule has 2 aromatic carbocycles. The maximum atomic E-state index is 13.0. The Labute approximate surface area is 220 Å². The van der Waals surface area contributed by atoms with Crippen molar-refractivity contribution in [2.75, 3.05) is 31.1 Å². The summed E-state index contributed by atoms with van der Waals surface area (Å²) in [6.45, 7) is 6.69. The van der Waals surface area contributed by atoms with Crippen molar-refractivity contribution in [3.8, 4) is 0 Å². The van der Waals surface area contributed by atoms with Crippen LogP contribution in [-0.2, 0) is 10.5 Å². The highest BCUT2D eigenvalue weighted by atomic mass is 32.2. The summed E-state index contributed by atoms with van der Waals surface area (Å²) >= 11 is 1.51. The van der Waals surface area contributed by atoms with Crippen LogP contribution in [0.5, 0.6) is 0 Å². The van der Waals surface area contributed by atoms with Crippen LogP contribution in [-0.4, -0.2) is 63.0 Å². The molecule has 1 aromatic heterocycles. The van der Waals surface area contributed by atoms with Crippen molar-refractivity contribution >= 4 is 35.3 Å². The molecule has 1 amide bonds. The monoisotopic (exact) mass is 521 g/mol. The molecule has 1 fully saturated rings. The predicted octanol–water partition coefficient (Wildman–Crippen LogP) is 4.45. The minimum Gasteiger partial charge on any atom is -0.370 e. The topological polar surface area (TPSA) is 110 Å². The maximum absolute atomic E-state index is 13.0. The lowest BCUT2D eigenvalue weighted by Crippen LogP contribution is -2.45. The molecule has 194 valence electrons. The molecule has 37 heavy (non-hydrogen) atoms. The highest BCUT2D eigenvalue weighted by Gasteiger charge is 2.29. The van der Waals surface area contributed by atoms with Crippen molar-refractivity contribution in [1.82, 2.24) is 19.8 Å². The summed E-state index contributed by atoms with van der Waals surface area (Å²) in [7, 11) is 0. The van der Waals surface area contributed by atoms with Gasteiger partial charge in [0, 0.05) is 55.3 Å². The van der Waals surface area contributed by atoms with Crippen LogP contribution in [0, 0.1) is 16.0 Å². The number of hydrogen-bond acceptors (Lipinski definition) is 8. The van der Waals surface area contributed by atoms with Crippen LogP contribution in [0.15, 0.2) is 65.1 Å². The quantitative estimate of drug-likeness (QED) is 0.168. The van der Waals surface area contributed by atoms with Crippen LogP contribution >= 0.6 is 11.8 Å². The van der Waals surface area contributed by atoms with E-state index in [1.165, 1.54) is 30.2 Å². The average molecular weight is 522 g/mol. The van der Waals surface area contributed by atoms with Crippen LogP contribution in [0.4, 0.5) is 11.4 Å². The Morgan fingerprint density at radius 1 is 1.24 bits per heavy atom. The van der Waals surface area contributed by atoms with Crippen LogP contribution in [0.3, 0.4) is 0 Å². The van der Waals surface area contributed by atoms with Gasteiger partial charge in [-0.3, -0.25) is 14.9 Å². The fraction of sp³-hybridized carbons (Fsp3) is 0.385. The van der Waals surface area contributed by atoms with E-state index in [1.807, 2.05) is 49.1 Å². The largest absolute Gasteiger partial charge is 0.370 e. The molecule has 0 saturated carbocycles. The van der Waals surface area contributed by atoms with Crippen LogP contribution in [0.2, 0.25) is 0 Å². The van der Waals surface area contributed by atoms with Gasteiger partial charge in [-0.25, -0.2) is 0 Å². The summed E-state index contributed by atoms with van der Waals surface area (Å²) in [6, 6.07) is 14.8. The van der Waals surface area contributed by atoms with Gasteiger partial charge in [0.15, 0.2) is 0 Å². The molecule has 1 aliphatic heterocycles. The first-order valence-electron chi connectivity index (χ1n) is 12.4. The molecule has 11 heteroatoms. The summed E-state index contributed by atoms with van der Waals surface area (Å²) in [6.07, 6.45) is 4.83. The lowest BCUT2D eigenvalue weighted by Gasteiger charge is -2.36. The van der Waals surface area contributed by atoms with Gasteiger partial charge in [0.1, 0.15) is 6.33 Å². The normalized spacial score (nSPS) is 15.7. The molecule has 0 radical (unpaired) electrons. The second kappa shape index (κ2) is 12.5. The molecule has 1 unspecified atom stereocenters. The van der Waals surface area contributed by atoms with Crippen LogP contribution < -0.4 is 4.90 Å². The number of amides is 1. The number of hydrogen-bond donors (Lipinski definition) is 0. The van der Waals surface area contributed by atoms with E-state index in [9.17, 15) is 14.9 Å². The van der Waals surface area contributed by atoms with Gasteiger partial charge in [0.05, 0.1) is 17.1 Å². The fourth-order valence-corrected chi connectivity index (χ4v) is 5.30. The molecule has 4 rings (SSSR count). The van der Waals surface area contributed by atoms with Crippen molar-refractivity contribution in [3.63, 3.8) is 0 Å². The van der Waals surface area contributed by atoms with Gasteiger partial charge in [0.2, 0.25) is 11.1 Å². The summed E-state index contributed by atoms with van der Waals surface area (Å²) in [5.74, 6) is 0.774. The molecule has 0 N–H and O–H groups in total. The van der Waals surface area contributed by atoms with Crippen molar-refractivity contribution in [2.24, 2.45) is 11.0 Å². The van der Waals surface area contributed by atoms with E-state index >= 15 is 0 Å². The Morgan fingerprint density at radius 3 is 2.76 bits per heavy atom. The number of carbonyl (C=O) groups is 1. The van der Waals surface area contributed by atoms with E-state index in [0.717, 1.165) is 30.6 Å². The molecule has 1 atom stereocenters. The van der Waals surface area contributed by atoms with Gasteiger partial charge >= 0.3 is 0 Å². The molecular formula is C26H31N7O3S. The van der Waals surface area contributed by atoms with Crippen molar-refractivity contribution < 1.29 is 9.72 Å². The Balaban J connectivity index is 1.56. The molecule has 2 heterocycles. The second-order valence-electron chi connectivity index (χ2n) is 8.77. The van der Waals surface area contributed by atoms with Crippen LogP contribution in [0.25, 0.3) is 0 Å². The Bertz CT molecular complexity index is 1240. The van der Waals surface area contributed by atoms with E-state index in [2.05, 4.69) is 20.2 Å². The smallest absolute Gasteiger partial charge is 0.270 e. The number of thioether (sulfide) groups is 1. The number of anilines is 1. The molecular weight excluding hydrogens is 490 g/mol. The zero-order valence-corrected chi connectivity index (χ0v) is 21.9. The molecule has 0 bridgehead atoms. The SMILES string of the molecule is CCN(CC)C(=O)C1CCCN(c2ccc([N+](=O)[O-])cc2C=Nn2cnnc2SCc2ccccc2)C1. The number of benzene rings is 2. The number of aromatic nitrogens is 3. The fourth-order valence-electron chi connectivity index (χ4n) is 4.48. The molecule has 0 aliphatic carbocycles. The second-order valence-corrected chi connectivity index (χ2v) is 9.72.